The quantitative estimate of drug-likeness (QED) is 0.787. The molecule has 0 aromatic carbocycles. The number of aromatic nitrogens is 1. The summed E-state index contributed by atoms with van der Waals surface area (Å²) in [7, 11) is 0. The van der Waals surface area contributed by atoms with Crippen molar-refractivity contribution >= 4 is 0 Å². The summed E-state index contributed by atoms with van der Waals surface area (Å²) in [6.07, 6.45) is 0. The summed E-state index contributed by atoms with van der Waals surface area (Å²) in [5, 5.41) is 8.53. The Kier molecular flexibility index (Phi) is 3.07. The number of hydrogen-bond donors (Lipinski definition) is 1. The topological polar surface area (TPSA) is 42.4 Å². The van der Waals surface area contributed by atoms with E-state index in [1.165, 1.54) is 0 Å². The van der Waals surface area contributed by atoms with Gasteiger partial charge in [-0.1, -0.05) is 0 Å². The maximum Gasteiger partial charge on any atom is 0.388 e. The summed E-state index contributed by atoms with van der Waals surface area (Å²) >= 11 is 0. The van der Waals surface area contributed by atoms with Gasteiger partial charge >= 0.3 is 6.61 Å². The lowest BCUT2D eigenvalue weighted by atomic mass is 10.3. The zero-order valence-corrected chi connectivity index (χ0v) is 6.38. The van der Waals surface area contributed by atoms with Crippen LogP contribution in [0.3, 0.4) is 0 Å². The van der Waals surface area contributed by atoms with Crippen LogP contribution in [0, 0.1) is 5.82 Å². The first-order valence-corrected chi connectivity index (χ1v) is 3.34. The number of aliphatic hydroxyl groups excluding tert-OH is 1. The Morgan fingerprint density at radius 3 is 2.69 bits per heavy atom. The molecule has 13 heavy (non-hydrogen) atoms. The van der Waals surface area contributed by atoms with E-state index in [9.17, 15) is 13.2 Å². The van der Waals surface area contributed by atoms with Gasteiger partial charge in [0.15, 0.2) is 0 Å². The van der Waals surface area contributed by atoms with Crippen LogP contribution in [0.5, 0.6) is 5.88 Å². The average molecular weight is 193 g/mol. The Morgan fingerprint density at radius 1 is 1.46 bits per heavy atom. The normalized spacial score (nSPS) is 10.5. The second-order valence-electron chi connectivity index (χ2n) is 2.11. The van der Waals surface area contributed by atoms with Crippen LogP contribution in [0.1, 0.15) is 5.69 Å². The van der Waals surface area contributed by atoms with Gasteiger partial charge in [-0.3, -0.25) is 0 Å². The molecule has 3 nitrogen and oxygen atoms in total. The number of ether oxygens (including phenoxy) is 1. The zero-order chi connectivity index (χ0) is 9.84. The third-order valence-electron chi connectivity index (χ3n) is 1.25. The molecule has 0 aliphatic rings. The molecule has 0 saturated heterocycles. The molecule has 0 radical (unpaired) electrons. The molecule has 0 atom stereocenters. The van der Waals surface area contributed by atoms with Gasteiger partial charge in [0.2, 0.25) is 5.88 Å². The summed E-state index contributed by atoms with van der Waals surface area (Å²) in [6.45, 7) is -3.67. The van der Waals surface area contributed by atoms with E-state index in [4.69, 9.17) is 5.11 Å². The van der Waals surface area contributed by atoms with Gasteiger partial charge < -0.3 is 9.84 Å². The second kappa shape index (κ2) is 4.08. The van der Waals surface area contributed by atoms with E-state index in [1.54, 1.807) is 0 Å². The first-order valence-electron chi connectivity index (χ1n) is 3.34. The van der Waals surface area contributed by atoms with Gasteiger partial charge in [0.1, 0.15) is 11.5 Å². The van der Waals surface area contributed by atoms with Crippen LogP contribution < -0.4 is 4.74 Å². The molecule has 1 heterocycles. The molecule has 0 spiro atoms. The number of alkyl halides is 2. The minimum absolute atomic E-state index is 0.321. The fourth-order valence-electron chi connectivity index (χ4n) is 0.732. The number of aliphatic hydroxyl groups is 1. The van der Waals surface area contributed by atoms with E-state index in [2.05, 4.69) is 9.72 Å². The molecule has 0 bridgehead atoms. The lowest BCUT2D eigenvalue weighted by molar-refractivity contribution is -0.0531. The van der Waals surface area contributed by atoms with E-state index in [1.807, 2.05) is 0 Å². The molecular formula is C7H6F3NO2. The van der Waals surface area contributed by atoms with Crippen LogP contribution in [-0.2, 0) is 6.61 Å². The number of pyridine rings is 1. The van der Waals surface area contributed by atoms with E-state index < -0.39 is 24.9 Å². The molecule has 1 aromatic rings. The Balaban J connectivity index is 2.86. The van der Waals surface area contributed by atoms with Gasteiger partial charge in [-0.05, 0) is 6.07 Å². The molecule has 1 rings (SSSR count). The van der Waals surface area contributed by atoms with E-state index in [-0.39, 0.29) is 5.69 Å². The summed E-state index contributed by atoms with van der Waals surface area (Å²) in [5.41, 5.74) is -0.321. The van der Waals surface area contributed by atoms with Gasteiger partial charge in [-0.2, -0.15) is 8.78 Å². The Bertz CT molecular complexity index is 293. The molecule has 1 aromatic heterocycles. The monoisotopic (exact) mass is 193 g/mol. The average Bonchev–Trinajstić information content (AvgIpc) is 2.07. The van der Waals surface area contributed by atoms with Crippen molar-refractivity contribution in [2.75, 3.05) is 0 Å². The fourth-order valence-corrected chi connectivity index (χ4v) is 0.732. The number of halogens is 3. The first-order chi connectivity index (χ1) is 6.13. The largest absolute Gasteiger partial charge is 0.417 e. The van der Waals surface area contributed by atoms with Crippen LogP contribution in [-0.4, -0.2) is 16.7 Å². The van der Waals surface area contributed by atoms with Crippen LogP contribution in [0.15, 0.2) is 12.1 Å². The highest BCUT2D eigenvalue weighted by molar-refractivity contribution is 5.17. The predicted octanol–water partition coefficient (Wildman–Crippen LogP) is 1.31. The van der Waals surface area contributed by atoms with Crippen molar-refractivity contribution in [2.24, 2.45) is 0 Å². The molecule has 0 fully saturated rings. The minimum Gasteiger partial charge on any atom is -0.417 e. The Morgan fingerprint density at radius 2 is 2.15 bits per heavy atom. The smallest absolute Gasteiger partial charge is 0.388 e. The van der Waals surface area contributed by atoms with Crippen molar-refractivity contribution in [3.63, 3.8) is 0 Å². The highest BCUT2D eigenvalue weighted by Gasteiger charge is 2.08. The molecule has 0 unspecified atom stereocenters. The molecule has 0 amide bonds. The van der Waals surface area contributed by atoms with Crippen molar-refractivity contribution in [1.82, 2.24) is 4.98 Å². The van der Waals surface area contributed by atoms with Crippen LogP contribution in [0.25, 0.3) is 0 Å². The minimum atomic E-state index is -3.01. The van der Waals surface area contributed by atoms with Gasteiger partial charge in [0, 0.05) is 6.07 Å². The summed E-state index contributed by atoms with van der Waals surface area (Å²) in [4.78, 5) is 3.30. The van der Waals surface area contributed by atoms with Gasteiger partial charge in [-0.15, -0.1) is 0 Å². The van der Waals surface area contributed by atoms with Gasteiger partial charge in [0.25, 0.3) is 0 Å². The molecule has 0 aliphatic carbocycles. The number of rotatable bonds is 3. The SMILES string of the molecule is OCc1nc(OC(F)F)ccc1F. The van der Waals surface area contributed by atoms with E-state index in [0.717, 1.165) is 12.1 Å². The number of hydrogen-bond acceptors (Lipinski definition) is 3. The fraction of sp³-hybridized carbons (Fsp3) is 0.286. The van der Waals surface area contributed by atoms with E-state index >= 15 is 0 Å². The lowest BCUT2D eigenvalue weighted by Gasteiger charge is -2.04. The maximum absolute atomic E-state index is 12.6. The van der Waals surface area contributed by atoms with Crippen molar-refractivity contribution in [1.29, 1.82) is 0 Å². The second-order valence-corrected chi connectivity index (χ2v) is 2.11. The van der Waals surface area contributed by atoms with Crippen molar-refractivity contribution < 1.29 is 23.0 Å². The summed E-state index contributed by atoms with van der Waals surface area (Å²) in [5.74, 6) is -1.18. The molecular weight excluding hydrogens is 187 g/mol. The van der Waals surface area contributed by atoms with Crippen LogP contribution in [0.4, 0.5) is 13.2 Å². The van der Waals surface area contributed by atoms with Crippen molar-refractivity contribution in [3.05, 3.63) is 23.6 Å². The summed E-state index contributed by atoms with van der Waals surface area (Å²) in [6, 6.07) is 1.86. The van der Waals surface area contributed by atoms with Crippen molar-refractivity contribution in [3.8, 4) is 5.88 Å². The zero-order valence-electron chi connectivity index (χ0n) is 6.38. The molecule has 1 N–H and O–H groups in total. The van der Waals surface area contributed by atoms with Crippen LogP contribution >= 0.6 is 0 Å². The van der Waals surface area contributed by atoms with Crippen LogP contribution in [0.2, 0.25) is 0 Å². The molecule has 6 heteroatoms. The van der Waals surface area contributed by atoms with Gasteiger partial charge in [-0.25, -0.2) is 9.37 Å². The molecule has 0 saturated carbocycles. The molecule has 72 valence electrons. The Labute approximate surface area is 71.8 Å². The lowest BCUT2D eigenvalue weighted by Crippen LogP contribution is -2.05. The standard InChI is InChI=1S/C7H6F3NO2/c8-4-1-2-6(13-7(9)10)11-5(4)3-12/h1-2,7,12H,3H2. The third-order valence-corrected chi connectivity index (χ3v) is 1.25. The Hall–Kier alpha value is -1.30. The van der Waals surface area contributed by atoms with Crippen molar-refractivity contribution in [2.45, 2.75) is 13.2 Å². The predicted molar refractivity (Wildman–Crippen MR) is 36.7 cm³/mol. The molecule has 0 aliphatic heterocycles. The first kappa shape index (κ1) is 9.79. The maximum atomic E-state index is 12.6. The van der Waals surface area contributed by atoms with Gasteiger partial charge in [0.05, 0.1) is 6.61 Å². The third kappa shape index (κ3) is 2.59. The summed E-state index contributed by atoms with van der Waals surface area (Å²) < 4.78 is 39.8. The highest BCUT2D eigenvalue weighted by Crippen LogP contribution is 2.13. The van der Waals surface area contributed by atoms with E-state index in [0.29, 0.717) is 0 Å². The highest BCUT2D eigenvalue weighted by atomic mass is 19.3. The number of nitrogens with zero attached hydrogens (tertiary/aromatic N) is 1.